The molecule has 0 amide bonds. The van der Waals surface area contributed by atoms with Crippen LogP contribution in [-0.4, -0.2) is 20.6 Å². The summed E-state index contributed by atoms with van der Waals surface area (Å²) in [5, 5.41) is 8.97. The minimum absolute atomic E-state index is 0.271. The molecule has 1 aromatic rings. The van der Waals surface area contributed by atoms with Crippen molar-refractivity contribution in [1.29, 1.82) is 0 Å². The van der Waals surface area contributed by atoms with Gasteiger partial charge in [-0.25, -0.2) is 4.98 Å². The van der Waals surface area contributed by atoms with Crippen LogP contribution in [0.5, 0.6) is 0 Å². The minimum atomic E-state index is -0.709. The highest BCUT2D eigenvalue weighted by Crippen LogP contribution is 2.27. The number of halogens is 1. The third-order valence-corrected chi connectivity index (χ3v) is 3.53. The van der Waals surface area contributed by atoms with Crippen molar-refractivity contribution in [2.75, 3.05) is 0 Å². The first-order chi connectivity index (χ1) is 7.13. The van der Waals surface area contributed by atoms with E-state index in [2.05, 4.69) is 27.8 Å². The lowest BCUT2D eigenvalue weighted by Gasteiger charge is -2.21. The van der Waals surface area contributed by atoms with Gasteiger partial charge in [-0.3, -0.25) is 4.79 Å². The van der Waals surface area contributed by atoms with Crippen LogP contribution in [0.1, 0.15) is 24.7 Å². The maximum absolute atomic E-state index is 10.9. The minimum Gasteiger partial charge on any atom is -0.481 e. The SMILES string of the molecule is CCc1nc(Br)n2c1CCC(C(=O)O)C2. The van der Waals surface area contributed by atoms with Crippen molar-refractivity contribution in [3.63, 3.8) is 0 Å². The molecule has 1 unspecified atom stereocenters. The molecule has 0 fully saturated rings. The van der Waals surface area contributed by atoms with Gasteiger partial charge in [-0.2, -0.15) is 0 Å². The van der Waals surface area contributed by atoms with Crippen molar-refractivity contribution in [2.24, 2.45) is 5.92 Å². The summed E-state index contributed by atoms with van der Waals surface area (Å²) in [6.07, 6.45) is 2.44. The Morgan fingerprint density at radius 2 is 2.47 bits per heavy atom. The fourth-order valence-corrected chi connectivity index (χ4v) is 2.65. The summed E-state index contributed by atoms with van der Waals surface area (Å²) >= 11 is 3.38. The number of aliphatic carboxylic acids is 1. The number of imidazole rings is 1. The van der Waals surface area contributed by atoms with E-state index in [0.29, 0.717) is 6.54 Å². The molecule has 0 spiro atoms. The molecule has 1 aliphatic heterocycles. The van der Waals surface area contributed by atoms with Gasteiger partial charge < -0.3 is 9.67 Å². The number of carboxylic acids is 1. The summed E-state index contributed by atoms with van der Waals surface area (Å²) in [4.78, 5) is 15.3. The van der Waals surface area contributed by atoms with Crippen molar-refractivity contribution in [1.82, 2.24) is 9.55 Å². The second-order valence-electron chi connectivity index (χ2n) is 3.81. The average molecular weight is 273 g/mol. The molecule has 0 saturated heterocycles. The van der Waals surface area contributed by atoms with E-state index in [0.717, 1.165) is 29.7 Å². The van der Waals surface area contributed by atoms with E-state index in [1.807, 2.05) is 4.57 Å². The average Bonchev–Trinajstić information content (AvgIpc) is 2.55. The lowest BCUT2D eigenvalue weighted by atomic mass is 9.97. The summed E-state index contributed by atoms with van der Waals surface area (Å²) in [7, 11) is 0. The molecule has 15 heavy (non-hydrogen) atoms. The molecule has 2 rings (SSSR count). The molecule has 4 nitrogen and oxygen atoms in total. The number of carbonyl (C=O) groups is 1. The highest BCUT2D eigenvalue weighted by molar-refractivity contribution is 9.10. The Kier molecular flexibility index (Phi) is 2.82. The zero-order valence-electron chi connectivity index (χ0n) is 8.53. The topological polar surface area (TPSA) is 55.1 Å². The van der Waals surface area contributed by atoms with Crippen LogP contribution in [0.25, 0.3) is 0 Å². The van der Waals surface area contributed by atoms with E-state index < -0.39 is 5.97 Å². The van der Waals surface area contributed by atoms with Gasteiger partial charge in [0, 0.05) is 12.2 Å². The van der Waals surface area contributed by atoms with Gasteiger partial charge in [-0.15, -0.1) is 0 Å². The summed E-state index contributed by atoms with van der Waals surface area (Å²) < 4.78 is 2.75. The van der Waals surface area contributed by atoms with Crippen molar-refractivity contribution in [3.8, 4) is 0 Å². The molecule has 2 heterocycles. The van der Waals surface area contributed by atoms with E-state index in [9.17, 15) is 4.79 Å². The van der Waals surface area contributed by atoms with Gasteiger partial charge in [0.15, 0.2) is 4.73 Å². The highest BCUT2D eigenvalue weighted by atomic mass is 79.9. The molecule has 1 aliphatic rings. The third-order valence-electron chi connectivity index (χ3n) is 2.93. The zero-order valence-corrected chi connectivity index (χ0v) is 10.1. The van der Waals surface area contributed by atoms with Gasteiger partial charge in [0.25, 0.3) is 0 Å². The number of hydrogen-bond donors (Lipinski definition) is 1. The van der Waals surface area contributed by atoms with Gasteiger partial charge in [-0.05, 0) is 35.2 Å². The number of nitrogens with zero attached hydrogens (tertiary/aromatic N) is 2. The monoisotopic (exact) mass is 272 g/mol. The van der Waals surface area contributed by atoms with Gasteiger partial charge in [0.05, 0.1) is 11.6 Å². The number of rotatable bonds is 2. The lowest BCUT2D eigenvalue weighted by molar-refractivity contribution is -0.142. The first-order valence-corrected chi connectivity index (χ1v) is 5.89. The Labute approximate surface area is 96.4 Å². The van der Waals surface area contributed by atoms with Crippen LogP contribution in [0.4, 0.5) is 0 Å². The van der Waals surface area contributed by atoms with Gasteiger partial charge >= 0.3 is 5.97 Å². The predicted octanol–water partition coefficient (Wildman–Crippen LogP) is 1.85. The molecular weight excluding hydrogens is 260 g/mol. The standard InChI is InChI=1S/C10H13BrN2O2/c1-2-7-8-4-3-6(9(14)15)5-13(8)10(11)12-7/h6H,2-5H2,1H3,(H,14,15). The molecular formula is C10H13BrN2O2. The molecule has 0 radical (unpaired) electrons. The lowest BCUT2D eigenvalue weighted by Crippen LogP contribution is -2.26. The summed E-state index contributed by atoms with van der Waals surface area (Å²) in [5.41, 5.74) is 2.28. The molecule has 0 aliphatic carbocycles. The van der Waals surface area contributed by atoms with Gasteiger partial charge in [0.1, 0.15) is 0 Å². The molecule has 1 N–H and O–H groups in total. The Hall–Kier alpha value is -0.840. The van der Waals surface area contributed by atoms with Crippen molar-refractivity contribution in [2.45, 2.75) is 32.7 Å². The summed E-state index contributed by atoms with van der Waals surface area (Å²) in [5.74, 6) is -0.980. The van der Waals surface area contributed by atoms with Crippen LogP contribution in [0, 0.1) is 5.92 Å². The van der Waals surface area contributed by atoms with E-state index in [4.69, 9.17) is 5.11 Å². The molecule has 0 aromatic carbocycles. The highest BCUT2D eigenvalue weighted by Gasteiger charge is 2.27. The van der Waals surface area contributed by atoms with Crippen molar-refractivity contribution >= 4 is 21.9 Å². The molecule has 0 bridgehead atoms. The van der Waals surface area contributed by atoms with Crippen LogP contribution in [0.2, 0.25) is 0 Å². The number of aromatic nitrogens is 2. The van der Waals surface area contributed by atoms with E-state index in [1.54, 1.807) is 0 Å². The van der Waals surface area contributed by atoms with Gasteiger partial charge in [-0.1, -0.05) is 6.92 Å². The van der Waals surface area contributed by atoms with Crippen LogP contribution in [0.3, 0.4) is 0 Å². The van der Waals surface area contributed by atoms with Crippen LogP contribution >= 0.6 is 15.9 Å². The van der Waals surface area contributed by atoms with Crippen molar-refractivity contribution in [3.05, 3.63) is 16.1 Å². The fourth-order valence-electron chi connectivity index (χ4n) is 2.08. The number of hydrogen-bond acceptors (Lipinski definition) is 2. The number of aryl methyl sites for hydroxylation is 1. The Bertz CT molecular complexity index is 400. The fraction of sp³-hybridized carbons (Fsp3) is 0.600. The molecule has 1 atom stereocenters. The Morgan fingerprint density at radius 3 is 3.07 bits per heavy atom. The first kappa shape index (κ1) is 10.7. The summed E-state index contributed by atoms with van der Waals surface area (Å²) in [6, 6.07) is 0. The van der Waals surface area contributed by atoms with E-state index >= 15 is 0 Å². The first-order valence-electron chi connectivity index (χ1n) is 5.10. The largest absolute Gasteiger partial charge is 0.481 e. The number of fused-ring (bicyclic) bond motifs is 1. The second kappa shape index (κ2) is 3.96. The second-order valence-corrected chi connectivity index (χ2v) is 4.52. The van der Waals surface area contributed by atoms with E-state index in [-0.39, 0.29) is 5.92 Å². The maximum Gasteiger partial charge on any atom is 0.308 e. The predicted molar refractivity (Wildman–Crippen MR) is 58.8 cm³/mol. The Balaban J connectivity index is 2.33. The number of carboxylic acid groups (broad SMARTS) is 1. The quantitative estimate of drug-likeness (QED) is 0.894. The molecule has 1 aromatic heterocycles. The smallest absolute Gasteiger partial charge is 0.308 e. The molecule has 5 heteroatoms. The summed E-state index contributed by atoms with van der Waals surface area (Å²) in [6.45, 7) is 2.61. The van der Waals surface area contributed by atoms with Crippen molar-refractivity contribution < 1.29 is 9.90 Å². The third kappa shape index (κ3) is 1.80. The van der Waals surface area contributed by atoms with E-state index in [1.165, 1.54) is 5.69 Å². The maximum atomic E-state index is 10.9. The van der Waals surface area contributed by atoms with Crippen LogP contribution < -0.4 is 0 Å². The van der Waals surface area contributed by atoms with Gasteiger partial charge in [0.2, 0.25) is 0 Å². The van der Waals surface area contributed by atoms with Crippen LogP contribution in [0.15, 0.2) is 4.73 Å². The molecule has 82 valence electrons. The Morgan fingerprint density at radius 1 is 1.73 bits per heavy atom. The zero-order chi connectivity index (χ0) is 11.0. The molecule has 0 saturated carbocycles. The normalized spacial score (nSPS) is 20.0. The van der Waals surface area contributed by atoms with Crippen LogP contribution in [-0.2, 0) is 24.2 Å².